The normalized spacial score (nSPS) is 27.8. The van der Waals surface area contributed by atoms with Crippen LogP contribution < -0.4 is 5.32 Å². The highest BCUT2D eigenvalue weighted by molar-refractivity contribution is 6.33. The molecule has 1 N–H and O–H groups in total. The highest BCUT2D eigenvalue weighted by Gasteiger charge is 2.36. The van der Waals surface area contributed by atoms with Gasteiger partial charge in [-0.2, -0.15) is 0 Å². The van der Waals surface area contributed by atoms with Crippen molar-refractivity contribution in [3.63, 3.8) is 0 Å². The van der Waals surface area contributed by atoms with Crippen molar-refractivity contribution in [2.75, 3.05) is 13.1 Å². The maximum Gasteiger partial charge on any atom is 0.0452 e. The van der Waals surface area contributed by atoms with Gasteiger partial charge in [0, 0.05) is 41.8 Å². The van der Waals surface area contributed by atoms with Gasteiger partial charge in [0.1, 0.15) is 0 Å². The second kappa shape index (κ2) is 6.23. The Morgan fingerprint density at radius 2 is 2.10 bits per heavy atom. The molecular weight excluding hydrogens is 291 g/mol. The lowest BCUT2D eigenvalue weighted by Gasteiger charge is -2.40. The van der Waals surface area contributed by atoms with Gasteiger partial charge in [-0.05, 0) is 48.9 Å². The van der Waals surface area contributed by atoms with Gasteiger partial charge in [-0.1, -0.05) is 30.1 Å². The predicted octanol–water partition coefficient (Wildman–Crippen LogP) is 3.96. The second-order valence-corrected chi connectivity index (χ2v) is 6.92. The van der Waals surface area contributed by atoms with Crippen LogP contribution in [0.25, 0.3) is 0 Å². The molecule has 0 spiro atoms. The van der Waals surface area contributed by atoms with Crippen LogP contribution in [0.4, 0.5) is 0 Å². The van der Waals surface area contributed by atoms with E-state index in [4.69, 9.17) is 23.2 Å². The van der Waals surface area contributed by atoms with Crippen LogP contribution in [0.1, 0.15) is 31.7 Å². The molecule has 1 saturated heterocycles. The summed E-state index contributed by atoms with van der Waals surface area (Å²) in [6.07, 6.45) is 3.95. The van der Waals surface area contributed by atoms with Crippen molar-refractivity contribution >= 4 is 23.2 Å². The quantitative estimate of drug-likeness (QED) is 0.905. The maximum absolute atomic E-state index is 6.32. The number of hydrogen-bond donors (Lipinski definition) is 1. The third kappa shape index (κ3) is 3.30. The molecular formula is C16H22Cl2N2. The third-order valence-electron chi connectivity index (χ3n) is 4.61. The second-order valence-electron chi connectivity index (χ2n) is 6.08. The van der Waals surface area contributed by atoms with Gasteiger partial charge in [0.2, 0.25) is 0 Å². The molecule has 1 aliphatic carbocycles. The fourth-order valence-corrected chi connectivity index (χ4v) is 3.55. The van der Waals surface area contributed by atoms with E-state index < -0.39 is 0 Å². The first-order chi connectivity index (χ1) is 9.67. The first-order valence-corrected chi connectivity index (χ1v) is 8.34. The minimum Gasteiger partial charge on any atom is -0.311 e. The van der Waals surface area contributed by atoms with Crippen molar-refractivity contribution in [2.24, 2.45) is 5.92 Å². The van der Waals surface area contributed by atoms with Crippen molar-refractivity contribution in [2.45, 2.75) is 44.8 Å². The van der Waals surface area contributed by atoms with E-state index in [1.165, 1.54) is 19.3 Å². The zero-order valence-electron chi connectivity index (χ0n) is 11.9. The summed E-state index contributed by atoms with van der Waals surface area (Å²) in [4.78, 5) is 2.58. The van der Waals surface area contributed by atoms with Gasteiger partial charge in [-0.25, -0.2) is 0 Å². The minimum atomic E-state index is 0.597. The molecule has 2 nitrogen and oxygen atoms in total. The van der Waals surface area contributed by atoms with Crippen molar-refractivity contribution in [1.82, 2.24) is 10.2 Å². The molecule has 2 aliphatic rings. The van der Waals surface area contributed by atoms with E-state index in [2.05, 4.69) is 17.1 Å². The Morgan fingerprint density at radius 1 is 1.30 bits per heavy atom. The van der Waals surface area contributed by atoms with Crippen LogP contribution in [0.5, 0.6) is 0 Å². The Bertz CT molecular complexity index is 474. The molecule has 20 heavy (non-hydrogen) atoms. The first kappa shape index (κ1) is 14.6. The average molecular weight is 313 g/mol. The lowest BCUT2D eigenvalue weighted by Crippen LogP contribution is -2.56. The molecule has 4 heteroatoms. The maximum atomic E-state index is 6.32. The molecule has 2 unspecified atom stereocenters. The number of hydrogen-bond acceptors (Lipinski definition) is 2. The molecule has 1 aromatic carbocycles. The summed E-state index contributed by atoms with van der Waals surface area (Å²) < 4.78 is 0. The number of nitrogens with one attached hydrogen (secondary N) is 1. The lowest BCUT2D eigenvalue weighted by molar-refractivity contribution is 0.112. The number of benzene rings is 1. The van der Waals surface area contributed by atoms with E-state index in [0.717, 1.165) is 41.2 Å². The van der Waals surface area contributed by atoms with Crippen LogP contribution in [0.3, 0.4) is 0 Å². The summed E-state index contributed by atoms with van der Waals surface area (Å²) in [6.45, 7) is 5.39. The van der Waals surface area contributed by atoms with Crippen LogP contribution >= 0.6 is 23.2 Å². The fourth-order valence-electron chi connectivity index (χ4n) is 3.18. The van der Waals surface area contributed by atoms with Crippen molar-refractivity contribution in [3.8, 4) is 0 Å². The van der Waals surface area contributed by atoms with Gasteiger partial charge in [0.05, 0.1) is 0 Å². The van der Waals surface area contributed by atoms with Crippen LogP contribution in [0, 0.1) is 5.92 Å². The Kier molecular flexibility index (Phi) is 4.56. The Balaban J connectivity index is 1.73. The molecule has 0 amide bonds. The molecule has 3 rings (SSSR count). The van der Waals surface area contributed by atoms with Gasteiger partial charge in [-0.3, -0.25) is 4.90 Å². The Hall–Kier alpha value is -0.280. The smallest absolute Gasteiger partial charge is 0.0452 e. The lowest BCUT2D eigenvalue weighted by atomic mass is 10.0. The van der Waals surface area contributed by atoms with Crippen LogP contribution in [0.15, 0.2) is 18.2 Å². The number of nitrogens with zero attached hydrogens (tertiary/aromatic N) is 1. The zero-order valence-corrected chi connectivity index (χ0v) is 13.4. The zero-order chi connectivity index (χ0) is 14.1. The summed E-state index contributed by atoms with van der Waals surface area (Å²) in [5.74, 6) is 0.894. The van der Waals surface area contributed by atoms with Crippen molar-refractivity contribution < 1.29 is 0 Å². The van der Waals surface area contributed by atoms with Crippen LogP contribution in [0.2, 0.25) is 10.0 Å². The van der Waals surface area contributed by atoms with Crippen LogP contribution in [-0.2, 0) is 6.54 Å². The average Bonchev–Trinajstić information content (AvgIpc) is 3.27. The molecule has 2 atom stereocenters. The summed E-state index contributed by atoms with van der Waals surface area (Å²) in [6, 6.07) is 7.02. The van der Waals surface area contributed by atoms with E-state index in [1.807, 2.05) is 18.2 Å². The van der Waals surface area contributed by atoms with Crippen molar-refractivity contribution in [1.29, 1.82) is 0 Å². The molecule has 1 aromatic rings. The Morgan fingerprint density at radius 3 is 2.80 bits per heavy atom. The Labute approximate surface area is 131 Å². The highest BCUT2D eigenvalue weighted by Crippen LogP contribution is 2.35. The van der Waals surface area contributed by atoms with Gasteiger partial charge >= 0.3 is 0 Å². The first-order valence-electron chi connectivity index (χ1n) is 7.58. The predicted molar refractivity (Wildman–Crippen MR) is 85.5 cm³/mol. The van der Waals surface area contributed by atoms with E-state index in [0.29, 0.717) is 12.1 Å². The topological polar surface area (TPSA) is 15.3 Å². The molecule has 0 aromatic heterocycles. The van der Waals surface area contributed by atoms with E-state index >= 15 is 0 Å². The molecule has 1 heterocycles. The van der Waals surface area contributed by atoms with Crippen LogP contribution in [-0.4, -0.2) is 30.1 Å². The van der Waals surface area contributed by atoms with E-state index in [-0.39, 0.29) is 0 Å². The largest absolute Gasteiger partial charge is 0.311 e. The summed E-state index contributed by atoms with van der Waals surface area (Å²) >= 11 is 12.4. The van der Waals surface area contributed by atoms with Gasteiger partial charge in [0.15, 0.2) is 0 Å². The number of rotatable bonds is 4. The molecule has 1 saturated carbocycles. The summed E-state index contributed by atoms with van der Waals surface area (Å²) in [7, 11) is 0. The fraction of sp³-hybridized carbons (Fsp3) is 0.625. The number of halogens is 2. The third-order valence-corrected chi connectivity index (χ3v) is 5.21. The molecule has 2 fully saturated rings. The van der Waals surface area contributed by atoms with E-state index in [9.17, 15) is 0 Å². The van der Waals surface area contributed by atoms with Crippen molar-refractivity contribution in [3.05, 3.63) is 33.8 Å². The van der Waals surface area contributed by atoms with E-state index in [1.54, 1.807) is 0 Å². The SMILES string of the molecule is CCC1CNC(C2CC2)CN1Cc1cc(Cl)ccc1Cl. The van der Waals surface area contributed by atoms with Gasteiger partial charge in [0.25, 0.3) is 0 Å². The standard InChI is InChI=1S/C16H22Cl2N2/c1-2-14-8-19-16(11-3-4-11)10-20(14)9-12-7-13(17)5-6-15(12)18/h5-7,11,14,16,19H,2-4,8-10H2,1H3. The molecule has 1 aliphatic heterocycles. The summed E-state index contributed by atoms with van der Waals surface area (Å²) in [5.41, 5.74) is 1.15. The molecule has 0 radical (unpaired) electrons. The molecule has 0 bridgehead atoms. The monoisotopic (exact) mass is 312 g/mol. The summed E-state index contributed by atoms with van der Waals surface area (Å²) in [5, 5.41) is 5.32. The van der Waals surface area contributed by atoms with Gasteiger partial charge in [-0.15, -0.1) is 0 Å². The van der Waals surface area contributed by atoms with Gasteiger partial charge < -0.3 is 5.32 Å². The minimum absolute atomic E-state index is 0.597. The number of piperazine rings is 1. The molecule has 110 valence electrons. The highest BCUT2D eigenvalue weighted by atomic mass is 35.5.